The second-order valence-corrected chi connectivity index (χ2v) is 7.02. The Morgan fingerprint density at radius 2 is 1.35 bits per heavy atom. The van der Waals surface area contributed by atoms with Crippen molar-refractivity contribution < 1.29 is 14.4 Å². The van der Waals surface area contributed by atoms with Crippen molar-refractivity contribution in [1.29, 1.82) is 0 Å². The Balaban J connectivity index is 1.39. The molecular weight excluding hydrogens is 332 g/mol. The highest BCUT2D eigenvalue weighted by Crippen LogP contribution is 2.24. The van der Waals surface area contributed by atoms with Crippen molar-refractivity contribution in [1.82, 2.24) is 15.8 Å². The molecule has 0 radical (unpaired) electrons. The quantitative estimate of drug-likeness (QED) is 0.724. The van der Waals surface area contributed by atoms with Crippen LogP contribution in [0, 0.1) is 11.8 Å². The van der Waals surface area contributed by atoms with Crippen molar-refractivity contribution >= 4 is 23.5 Å². The lowest BCUT2D eigenvalue weighted by atomic mass is 9.96. The van der Waals surface area contributed by atoms with Crippen molar-refractivity contribution in [3.8, 4) is 0 Å². The number of nitrogens with zero attached hydrogens (tertiary/aromatic N) is 1. The average molecular weight is 358 g/mol. The maximum Gasteiger partial charge on any atom is 0.321 e. The third-order valence-electron chi connectivity index (χ3n) is 5.21. The summed E-state index contributed by atoms with van der Waals surface area (Å²) in [5, 5.41) is 2.86. The SMILES string of the molecule is O=C(NNC(=O)C1CCN(C(=O)Nc2ccccc2)CC1)C1CCCC1. The number of likely N-dealkylation sites (tertiary alicyclic amines) is 1. The zero-order valence-electron chi connectivity index (χ0n) is 14.9. The van der Waals surface area contributed by atoms with Gasteiger partial charge in [0.1, 0.15) is 0 Å². The molecule has 0 unspecified atom stereocenters. The molecule has 1 saturated heterocycles. The van der Waals surface area contributed by atoms with Crippen molar-refractivity contribution in [2.75, 3.05) is 18.4 Å². The van der Waals surface area contributed by atoms with Gasteiger partial charge in [-0.2, -0.15) is 0 Å². The number of hydrazine groups is 1. The number of rotatable bonds is 3. The Hall–Kier alpha value is -2.57. The molecule has 2 fully saturated rings. The predicted octanol–water partition coefficient (Wildman–Crippen LogP) is 2.27. The van der Waals surface area contributed by atoms with E-state index in [4.69, 9.17) is 0 Å². The topological polar surface area (TPSA) is 90.5 Å². The van der Waals surface area contributed by atoms with E-state index in [1.807, 2.05) is 30.3 Å². The van der Waals surface area contributed by atoms with Crippen LogP contribution in [0.2, 0.25) is 0 Å². The molecular formula is C19H26N4O3. The predicted molar refractivity (Wildman–Crippen MR) is 98.0 cm³/mol. The summed E-state index contributed by atoms with van der Waals surface area (Å²) in [5.74, 6) is -0.409. The van der Waals surface area contributed by atoms with E-state index < -0.39 is 0 Å². The van der Waals surface area contributed by atoms with Crippen LogP contribution in [-0.4, -0.2) is 35.8 Å². The molecule has 0 atom stereocenters. The lowest BCUT2D eigenvalue weighted by Crippen LogP contribution is -2.49. The third kappa shape index (κ3) is 4.74. The van der Waals surface area contributed by atoms with Crippen molar-refractivity contribution in [2.45, 2.75) is 38.5 Å². The minimum Gasteiger partial charge on any atom is -0.324 e. The number of benzene rings is 1. The van der Waals surface area contributed by atoms with Crippen molar-refractivity contribution in [2.24, 2.45) is 11.8 Å². The molecule has 140 valence electrons. The molecule has 0 spiro atoms. The van der Waals surface area contributed by atoms with E-state index in [0.717, 1.165) is 31.4 Å². The number of amides is 4. The van der Waals surface area contributed by atoms with E-state index in [1.165, 1.54) is 0 Å². The molecule has 1 aliphatic carbocycles. The van der Waals surface area contributed by atoms with Gasteiger partial charge in [0, 0.05) is 30.6 Å². The summed E-state index contributed by atoms with van der Waals surface area (Å²) < 4.78 is 0. The highest BCUT2D eigenvalue weighted by Gasteiger charge is 2.28. The maximum atomic E-state index is 12.3. The number of anilines is 1. The second kappa shape index (κ2) is 8.69. The Bertz CT molecular complexity index is 635. The lowest BCUT2D eigenvalue weighted by Gasteiger charge is -2.31. The summed E-state index contributed by atoms with van der Waals surface area (Å²) >= 11 is 0. The summed E-state index contributed by atoms with van der Waals surface area (Å²) in [5.41, 5.74) is 5.87. The fourth-order valence-corrected chi connectivity index (χ4v) is 3.58. The molecule has 1 aromatic carbocycles. The maximum absolute atomic E-state index is 12.3. The first-order valence-electron chi connectivity index (χ1n) is 9.34. The number of hydrogen-bond donors (Lipinski definition) is 3. The summed E-state index contributed by atoms with van der Waals surface area (Å²) in [6.07, 6.45) is 5.14. The summed E-state index contributed by atoms with van der Waals surface area (Å²) in [6, 6.07) is 9.16. The molecule has 4 amide bonds. The van der Waals surface area contributed by atoms with Gasteiger partial charge in [-0.15, -0.1) is 0 Å². The van der Waals surface area contributed by atoms with Crippen LogP contribution in [0.4, 0.5) is 10.5 Å². The molecule has 0 aromatic heterocycles. The van der Waals surface area contributed by atoms with Gasteiger partial charge in [0.05, 0.1) is 0 Å². The first kappa shape index (κ1) is 18.2. The Morgan fingerprint density at radius 1 is 0.808 bits per heavy atom. The van der Waals surface area contributed by atoms with Crippen LogP contribution >= 0.6 is 0 Å². The van der Waals surface area contributed by atoms with Gasteiger partial charge in [-0.05, 0) is 37.8 Å². The Labute approximate surface area is 153 Å². The van der Waals surface area contributed by atoms with Crippen LogP contribution < -0.4 is 16.2 Å². The van der Waals surface area contributed by atoms with Gasteiger partial charge >= 0.3 is 6.03 Å². The fraction of sp³-hybridized carbons (Fsp3) is 0.526. The molecule has 7 heteroatoms. The molecule has 1 saturated carbocycles. The zero-order chi connectivity index (χ0) is 18.4. The molecule has 7 nitrogen and oxygen atoms in total. The summed E-state index contributed by atoms with van der Waals surface area (Å²) in [7, 11) is 0. The van der Waals surface area contributed by atoms with E-state index in [0.29, 0.717) is 25.9 Å². The Kier molecular flexibility index (Phi) is 6.09. The first-order chi connectivity index (χ1) is 12.6. The lowest BCUT2D eigenvalue weighted by molar-refractivity contribution is -0.133. The molecule has 26 heavy (non-hydrogen) atoms. The van der Waals surface area contributed by atoms with Crippen LogP contribution in [0.25, 0.3) is 0 Å². The number of para-hydroxylation sites is 1. The summed E-state index contributed by atoms with van der Waals surface area (Å²) in [6.45, 7) is 1.04. The molecule has 1 heterocycles. The number of hydrogen-bond acceptors (Lipinski definition) is 3. The number of piperidine rings is 1. The molecule has 3 rings (SSSR count). The van der Waals surface area contributed by atoms with Gasteiger partial charge in [-0.1, -0.05) is 31.0 Å². The summed E-state index contributed by atoms with van der Waals surface area (Å²) in [4.78, 5) is 38.2. The van der Waals surface area contributed by atoms with Gasteiger partial charge in [-0.25, -0.2) is 4.79 Å². The Morgan fingerprint density at radius 3 is 1.92 bits per heavy atom. The fourth-order valence-electron chi connectivity index (χ4n) is 3.58. The van der Waals surface area contributed by atoms with Gasteiger partial charge in [0.2, 0.25) is 11.8 Å². The van der Waals surface area contributed by atoms with Crippen molar-refractivity contribution in [3.05, 3.63) is 30.3 Å². The zero-order valence-corrected chi connectivity index (χ0v) is 14.9. The molecule has 0 bridgehead atoms. The van der Waals surface area contributed by atoms with Crippen LogP contribution in [0.15, 0.2) is 30.3 Å². The van der Waals surface area contributed by atoms with Crippen LogP contribution in [-0.2, 0) is 9.59 Å². The molecule has 1 aliphatic heterocycles. The minimum absolute atomic E-state index is 0.0267. The number of carbonyl (C=O) groups is 3. The van der Waals surface area contributed by atoms with E-state index in [2.05, 4.69) is 16.2 Å². The standard InChI is InChI=1S/C19H26N4O3/c24-17(14-6-4-5-7-14)21-22-18(25)15-10-12-23(13-11-15)19(26)20-16-8-2-1-3-9-16/h1-3,8-9,14-15H,4-7,10-13H2,(H,20,26)(H,21,24)(H,22,25). The number of urea groups is 1. The van der Waals surface area contributed by atoms with Crippen LogP contribution in [0.5, 0.6) is 0 Å². The molecule has 1 aromatic rings. The van der Waals surface area contributed by atoms with Gasteiger partial charge < -0.3 is 10.2 Å². The van der Waals surface area contributed by atoms with E-state index in [1.54, 1.807) is 4.90 Å². The highest BCUT2D eigenvalue weighted by molar-refractivity contribution is 5.89. The normalized spacial score (nSPS) is 18.4. The highest BCUT2D eigenvalue weighted by atomic mass is 16.2. The van der Waals surface area contributed by atoms with Gasteiger partial charge in [0.15, 0.2) is 0 Å². The van der Waals surface area contributed by atoms with E-state index >= 15 is 0 Å². The number of nitrogens with one attached hydrogen (secondary N) is 3. The van der Waals surface area contributed by atoms with E-state index in [-0.39, 0.29) is 29.7 Å². The molecule has 2 aliphatic rings. The minimum atomic E-state index is -0.181. The van der Waals surface area contributed by atoms with Crippen LogP contribution in [0.1, 0.15) is 38.5 Å². The molecule has 3 N–H and O–H groups in total. The number of carbonyl (C=O) groups excluding carboxylic acids is 3. The first-order valence-corrected chi connectivity index (χ1v) is 9.34. The van der Waals surface area contributed by atoms with Gasteiger partial charge in [-0.3, -0.25) is 20.4 Å². The van der Waals surface area contributed by atoms with Crippen molar-refractivity contribution in [3.63, 3.8) is 0 Å². The van der Waals surface area contributed by atoms with Gasteiger partial charge in [0.25, 0.3) is 0 Å². The average Bonchev–Trinajstić information content (AvgIpc) is 3.21. The third-order valence-corrected chi connectivity index (χ3v) is 5.21. The monoisotopic (exact) mass is 358 g/mol. The largest absolute Gasteiger partial charge is 0.324 e. The second-order valence-electron chi connectivity index (χ2n) is 7.02. The van der Waals surface area contributed by atoms with Crippen LogP contribution in [0.3, 0.4) is 0 Å². The smallest absolute Gasteiger partial charge is 0.321 e. The van der Waals surface area contributed by atoms with E-state index in [9.17, 15) is 14.4 Å².